The maximum atomic E-state index is 11.3. The number of rotatable bonds is 8. The van der Waals surface area contributed by atoms with Gasteiger partial charge < -0.3 is 15.8 Å². The van der Waals surface area contributed by atoms with Crippen LogP contribution in [0.4, 0.5) is 5.69 Å². The number of amides is 1. The molecule has 0 spiro atoms. The lowest BCUT2D eigenvalue weighted by Gasteiger charge is -2.16. The largest absolute Gasteiger partial charge is 0.491 e. The van der Waals surface area contributed by atoms with Gasteiger partial charge >= 0.3 is 0 Å². The van der Waals surface area contributed by atoms with Gasteiger partial charge in [0, 0.05) is 6.07 Å². The van der Waals surface area contributed by atoms with Crippen LogP contribution in [0.2, 0.25) is 0 Å². The van der Waals surface area contributed by atoms with Gasteiger partial charge in [-0.25, -0.2) is 0 Å². The summed E-state index contributed by atoms with van der Waals surface area (Å²) in [4.78, 5) is 21.6. The van der Waals surface area contributed by atoms with Crippen LogP contribution in [0.5, 0.6) is 5.75 Å². The molecule has 0 radical (unpaired) electrons. The molecule has 0 fully saturated rings. The first-order valence-corrected chi connectivity index (χ1v) is 6.36. The fourth-order valence-electron chi connectivity index (χ4n) is 1.69. The zero-order valence-corrected chi connectivity index (χ0v) is 11.6. The van der Waals surface area contributed by atoms with E-state index in [1.165, 1.54) is 6.07 Å². The van der Waals surface area contributed by atoms with E-state index in [1.54, 1.807) is 19.1 Å². The first-order valence-electron chi connectivity index (χ1n) is 6.36. The number of carbonyl (C=O) groups excluding carboxylic acids is 1. The van der Waals surface area contributed by atoms with Crippen LogP contribution in [-0.4, -0.2) is 30.0 Å². The zero-order valence-electron chi connectivity index (χ0n) is 11.6. The van der Waals surface area contributed by atoms with Gasteiger partial charge in [0.1, 0.15) is 18.4 Å². The quantitative estimate of drug-likeness (QED) is 0.548. The van der Waals surface area contributed by atoms with Gasteiger partial charge in [-0.05, 0) is 26.0 Å². The molecular weight excluding hydrogens is 262 g/mol. The van der Waals surface area contributed by atoms with E-state index >= 15 is 0 Å². The second-order valence-corrected chi connectivity index (χ2v) is 4.38. The Labute approximate surface area is 117 Å². The molecular formula is C13H19N3O4. The van der Waals surface area contributed by atoms with Crippen molar-refractivity contribution in [3.05, 3.63) is 33.9 Å². The number of ether oxygens (including phenoxy) is 1. The van der Waals surface area contributed by atoms with Crippen molar-refractivity contribution in [2.24, 2.45) is 5.73 Å². The fraction of sp³-hybridized carbons (Fsp3) is 0.462. The number of carbonyl (C=O) groups is 1. The zero-order chi connectivity index (χ0) is 15.1. The van der Waals surface area contributed by atoms with Crippen molar-refractivity contribution >= 4 is 11.6 Å². The smallest absolute Gasteiger partial charge is 0.276 e. The highest BCUT2D eigenvalue weighted by atomic mass is 16.6. The molecule has 3 N–H and O–H groups in total. The van der Waals surface area contributed by atoms with E-state index in [-0.39, 0.29) is 12.3 Å². The first-order chi connectivity index (χ1) is 9.47. The third kappa shape index (κ3) is 4.20. The normalized spacial score (nSPS) is 11.9. The molecule has 7 nitrogen and oxygen atoms in total. The Hall–Kier alpha value is -2.15. The number of hydrogen-bond acceptors (Lipinski definition) is 5. The van der Waals surface area contributed by atoms with Gasteiger partial charge in [-0.3, -0.25) is 14.9 Å². The summed E-state index contributed by atoms with van der Waals surface area (Å²) in [7, 11) is 0. The minimum atomic E-state index is -0.617. The number of hydrogen-bond donors (Lipinski definition) is 2. The molecule has 1 amide bonds. The van der Waals surface area contributed by atoms with Crippen LogP contribution >= 0.6 is 0 Å². The monoisotopic (exact) mass is 281 g/mol. The highest BCUT2D eigenvalue weighted by molar-refractivity contribution is 5.80. The predicted octanol–water partition coefficient (Wildman–Crippen LogP) is 1.14. The van der Waals surface area contributed by atoms with Gasteiger partial charge in [-0.2, -0.15) is 0 Å². The van der Waals surface area contributed by atoms with Crippen molar-refractivity contribution in [2.45, 2.75) is 26.3 Å². The third-order valence-electron chi connectivity index (χ3n) is 2.84. The number of nitro groups is 1. The van der Waals surface area contributed by atoms with Crippen LogP contribution in [-0.2, 0) is 4.79 Å². The lowest BCUT2D eigenvalue weighted by atomic mass is 10.2. The van der Waals surface area contributed by atoms with Crippen LogP contribution in [0.1, 0.15) is 18.9 Å². The average Bonchev–Trinajstić information content (AvgIpc) is 2.39. The molecule has 1 aromatic carbocycles. The van der Waals surface area contributed by atoms with E-state index in [4.69, 9.17) is 10.5 Å². The molecule has 0 aliphatic rings. The standard InChI is InChI=1S/C13H19N3O4/c1-3-7-15-10(13(14)17)8-20-12-6-4-5-11(9(12)2)16(18)19/h4-6,10,15H,3,7-8H2,1-2H3,(H2,14,17). The summed E-state index contributed by atoms with van der Waals surface area (Å²) < 4.78 is 5.48. The SMILES string of the molecule is CCCNC(COc1cccc([N+](=O)[O-])c1C)C(N)=O. The van der Waals surface area contributed by atoms with Crippen molar-refractivity contribution in [3.63, 3.8) is 0 Å². The Morgan fingerprint density at radius 2 is 2.25 bits per heavy atom. The predicted molar refractivity (Wildman–Crippen MR) is 74.6 cm³/mol. The number of nitrogens with two attached hydrogens (primary N) is 1. The summed E-state index contributed by atoms with van der Waals surface area (Å²) in [6.07, 6.45) is 0.861. The Bertz CT molecular complexity index is 491. The van der Waals surface area contributed by atoms with E-state index in [0.717, 1.165) is 6.42 Å². The second kappa shape index (κ2) is 7.44. The minimum Gasteiger partial charge on any atom is -0.491 e. The third-order valence-corrected chi connectivity index (χ3v) is 2.84. The first kappa shape index (κ1) is 15.9. The van der Waals surface area contributed by atoms with E-state index in [9.17, 15) is 14.9 Å². The molecule has 1 rings (SSSR count). The Kier molecular flexibility index (Phi) is 5.92. The molecule has 1 atom stereocenters. The lowest BCUT2D eigenvalue weighted by molar-refractivity contribution is -0.385. The van der Waals surface area contributed by atoms with E-state index in [1.807, 2.05) is 6.92 Å². The van der Waals surface area contributed by atoms with Crippen LogP contribution < -0.4 is 15.8 Å². The molecule has 0 aromatic heterocycles. The molecule has 1 unspecified atom stereocenters. The second-order valence-electron chi connectivity index (χ2n) is 4.38. The number of benzene rings is 1. The van der Waals surface area contributed by atoms with Crippen LogP contribution in [0.25, 0.3) is 0 Å². The Morgan fingerprint density at radius 3 is 2.80 bits per heavy atom. The molecule has 0 saturated carbocycles. The maximum absolute atomic E-state index is 11.3. The van der Waals surface area contributed by atoms with Crippen LogP contribution in [0, 0.1) is 17.0 Å². The summed E-state index contributed by atoms with van der Waals surface area (Å²) in [5, 5.41) is 13.8. The Balaban J connectivity index is 2.75. The van der Waals surface area contributed by atoms with Gasteiger partial charge in [-0.1, -0.05) is 13.0 Å². The molecule has 1 aromatic rings. The summed E-state index contributed by atoms with van der Waals surface area (Å²) in [6.45, 7) is 4.26. The van der Waals surface area contributed by atoms with E-state index < -0.39 is 16.9 Å². The fourth-order valence-corrected chi connectivity index (χ4v) is 1.69. The summed E-state index contributed by atoms with van der Waals surface area (Å²) in [5.74, 6) is -0.134. The van der Waals surface area contributed by atoms with Crippen LogP contribution in [0.15, 0.2) is 18.2 Å². The van der Waals surface area contributed by atoms with Gasteiger partial charge in [0.25, 0.3) is 5.69 Å². The van der Waals surface area contributed by atoms with Crippen molar-refractivity contribution in [3.8, 4) is 5.75 Å². The highest BCUT2D eigenvalue weighted by Crippen LogP contribution is 2.26. The number of primary amides is 1. The van der Waals surface area contributed by atoms with Gasteiger partial charge in [0.15, 0.2) is 0 Å². The number of nitro benzene ring substituents is 1. The van der Waals surface area contributed by atoms with Gasteiger partial charge in [0.2, 0.25) is 5.91 Å². The number of nitrogens with zero attached hydrogens (tertiary/aromatic N) is 1. The van der Waals surface area contributed by atoms with Gasteiger partial charge in [-0.15, -0.1) is 0 Å². The molecule has 110 valence electrons. The molecule has 0 bridgehead atoms. The minimum absolute atomic E-state index is 0.0142. The van der Waals surface area contributed by atoms with Crippen molar-refractivity contribution in [1.82, 2.24) is 5.32 Å². The van der Waals surface area contributed by atoms with Crippen LogP contribution in [0.3, 0.4) is 0 Å². The summed E-state index contributed by atoms with van der Waals surface area (Å²) in [5.41, 5.74) is 5.68. The van der Waals surface area contributed by atoms with E-state index in [2.05, 4.69) is 5.32 Å². The molecule has 0 aliphatic carbocycles. The topological polar surface area (TPSA) is 107 Å². The maximum Gasteiger partial charge on any atom is 0.276 e. The lowest BCUT2D eigenvalue weighted by Crippen LogP contribution is -2.45. The summed E-state index contributed by atoms with van der Waals surface area (Å²) >= 11 is 0. The highest BCUT2D eigenvalue weighted by Gasteiger charge is 2.18. The van der Waals surface area contributed by atoms with Crippen molar-refractivity contribution < 1.29 is 14.5 Å². The molecule has 0 saturated heterocycles. The average molecular weight is 281 g/mol. The van der Waals surface area contributed by atoms with Crippen molar-refractivity contribution in [1.29, 1.82) is 0 Å². The molecule has 0 heterocycles. The van der Waals surface area contributed by atoms with Crippen molar-refractivity contribution in [2.75, 3.05) is 13.2 Å². The van der Waals surface area contributed by atoms with E-state index in [0.29, 0.717) is 17.9 Å². The number of nitrogens with one attached hydrogen (secondary N) is 1. The molecule has 7 heteroatoms. The Morgan fingerprint density at radius 1 is 1.55 bits per heavy atom. The summed E-state index contributed by atoms with van der Waals surface area (Å²) in [6, 6.07) is 3.95. The molecule has 0 aliphatic heterocycles. The van der Waals surface area contributed by atoms with Gasteiger partial charge in [0.05, 0.1) is 10.5 Å². The molecule has 20 heavy (non-hydrogen) atoms.